The number of carboxylic acids is 1. The van der Waals surface area contributed by atoms with Crippen molar-refractivity contribution in [3.63, 3.8) is 0 Å². The quantitative estimate of drug-likeness (QED) is 0.758. The normalized spacial score (nSPS) is 23.8. The van der Waals surface area contributed by atoms with Crippen LogP contribution < -0.4 is 5.32 Å². The Morgan fingerprint density at radius 2 is 2.00 bits per heavy atom. The number of carbonyl (C=O) groups is 2. The maximum Gasteiger partial charge on any atom is 0.317 e. The Kier molecular flexibility index (Phi) is 6.25. The van der Waals surface area contributed by atoms with Gasteiger partial charge in [0.1, 0.15) is 0 Å². The smallest absolute Gasteiger partial charge is 0.317 e. The molecular weight excluding hydrogens is 274 g/mol. The van der Waals surface area contributed by atoms with Crippen molar-refractivity contribution in [3.8, 4) is 0 Å². The first-order valence-electron chi connectivity index (χ1n) is 7.70. The van der Waals surface area contributed by atoms with Gasteiger partial charge in [-0.15, -0.1) is 0 Å². The van der Waals surface area contributed by atoms with Crippen LogP contribution in [0.15, 0.2) is 0 Å². The molecule has 1 atom stereocenters. The third-order valence-electron chi connectivity index (χ3n) is 4.10. The molecule has 7 heteroatoms. The number of urea groups is 1. The van der Waals surface area contributed by atoms with E-state index in [0.29, 0.717) is 32.1 Å². The number of hydrogen-bond donors (Lipinski definition) is 2. The van der Waals surface area contributed by atoms with Gasteiger partial charge in [0.25, 0.3) is 0 Å². The van der Waals surface area contributed by atoms with Gasteiger partial charge in [0.2, 0.25) is 0 Å². The number of hydrogen-bond acceptors (Lipinski definition) is 4. The molecule has 0 aliphatic carbocycles. The number of amides is 2. The molecule has 0 saturated carbocycles. The first-order chi connectivity index (χ1) is 10.1. The molecule has 1 unspecified atom stereocenters. The van der Waals surface area contributed by atoms with E-state index in [4.69, 9.17) is 9.84 Å². The molecule has 0 aromatic carbocycles. The maximum atomic E-state index is 12.1. The van der Waals surface area contributed by atoms with Crippen LogP contribution in [0.1, 0.15) is 19.3 Å². The number of piperazine rings is 1. The van der Waals surface area contributed by atoms with Crippen molar-refractivity contribution >= 4 is 12.0 Å². The van der Waals surface area contributed by atoms with Crippen molar-refractivity contribution in [2.24, 2.45) is 5.92 Å². The van der Waals surface area contributed by atoms with E-state index in [2.05, 4.69) is 10.2 Å². The fraction of sp³-hybridized carbons (Fsp3) is 0.857. The zero-order valence-corrected chi connectivity index (χ0v) is 12.4. The van der Waals surface area contributed by atoms with E-state index < -0.39 is 5.97 Å². The highest BCUT2D eigenvalue weighted by molar-refractivity contribution is 5.74. The molecule has 0 bridgehead atoms. The van der Waals surface area contributed by atoms with Gasteiger partial charge in [-0.25, -0.2) is 4.79 Å². The standard InChI is InChI=1S/C14H25N3O4/c18-13(19)3-4-16-5-7-17(8-6-16)14(20)15-10-12-2-1-9-21-11-12/h12H,1-11H2,(H,15,20)(H,18,19). The molecule has 2 heterocycles. The Morgan fingerprint density at radius 1 is 1.24 bits per heavy atom. The number of nitrogens with zero attached hydrogens (tertiary/aromatic N) is 2. The van der Waals surface area contributed by atoms with Crippen LogP contribution in [0.5, 0.6) is 0 Å². The summed E-state index contributed by atoms with van der Waals surface area (Å²) in [6.45, 7) is 5.62. The molecule has 0 aromatic heterocycles. The number of nitrogens with one attached hydrogen (secondary N) is 1. The largest absolute Gasteiger partial charge is 0.481 e. The average Bonchev–Trinajstić information content (AvgIpc) is 2.52. The van der Waals surface area contributed by atoms with Crippen molar-refractivity contribution < 1.29 is 19.4 Å². The SMILES string of the molecule is O=C(O)CCN1CCN(C(=O)NCC2CCCOC2)CC1. The van der Waals surface area contributed by atoms with Crippen LogP contribution in [-0.2, 0) is 9.53 Å². The fourth-order valence-corrected chi connectivity index (χ4v) is 2.74. The van der Waals surface area contributed by atoms with Crippen LogP contribution >= 0.6 is 0 Å². The van der Waals surface area contributed by atoms with Crippen LogP contribution in [0.4, 0.5) is 4.79 Å². The summed E-state index contributed by atoms with van der Waals surface area (Å²) in [6, 6.07) is -0.0153. The molecule has 0 radical (unpaired) electrons. The van der Waals surface area contributed by atoms with Gasteiger partial charge in [0.15, 0.2) is 0 Å². The highest BCUT2D eigenvalue weighted by atomic mass is 16.5. The van der Waals surface area contributed by atoms with Crippen molar-refractivity contribution in [2.75, 3.05) is 52.5 Å². The van der Waals surface area contributed by atoms with Crippen LogP contribution in [0.25, 0.3) is 0 Å². The third-order valence-corrected chi connectivity index (χ3v) is 4.10. The minimum Gasteiger partial charge on any atom is -0.481 e. The van der Waals surface area contributed by atoms with Gasteiger partial charge in [-0.3, -0.25) is 9.69 Å². The minimum absolute atomic E-state index is 0.0153. The summed E-state index contributed by atoms with van der Waals surface area (Å²) in [7, 11) is 0. The lowest BCUT2D eigenvalue weighted by Crippen LogP contribution is -2.52. The zero-order valence-electron chi connectivity index (χ0n) is 12.4. The predicted octanol–water partition coefficient (Wildman–Crippen LogP) is 0.215. The van der Waals surface area contributed by atoms with Gasteiger partial charge < -0.3 is 20.1 Å². The van der Waals surface area contributed by atoms with Gasteiger partial charge in [0, 0.05) is 45.9 Å². The van der Waals surface area contributed by atoms with E-state index >= 15 is 0 Å². The molecule has 2 rings (SSSR count). The van der Waals surface area contributed by atoms with E-state index in [-0.39, 0.29) is 12.5 Å². The van der Waals surface area contributed by atoms with Gasteiger partial charge in [-0.2, -0.15) is 0 Å². The second-order valence-corrected chi connectivity index (χ2v) is 5.74. The third kappa shape index (κ3) is 5.51. The summed E-state index contributed by atoms with van der Waals surface area (Å²) >= 11 is 0. The number of carboxylic acid groups (broad SMARTS) is 1. The predicted molar refractivity (Wildman–Crippen MR) is 77.2 cm³/mol. The lowest BCUT2D eigenvalue weighted by molar-refractivity contribution is -0.137. The van der Waals surface area contributed by atoms with E-state index in [1.54, 1.807) is 4.90 Å². The number of aliphatic carboxylic acids is 1. The van der Waals surface area contributed by atoms with Crippen LogP contribution in [0.2, 0.25) is 0 Å². The summed E-state index contributed by atoms with van der Waals surface area (Å²) in [4.78, 5) is 26.5. The molecule has 2 aliphatic heterocycles. The van der Waals surface area contributed by atoms with Gasteiger partial charge in [0.05, 0.1) is 13.0 Å². The second kappa shape index (κ2) is 8.19. The van der Waals surface area contributed by atoms with E-state index in [1.165, 1.54) is 0 Å². The van der Waals surface area contributed by atoms with Gasteiger partial charge in [-0.1, -0.05) is 0 Å². The minimum atomic E-state index is -0.773. The Bertz CT molecular complexity index is 350. The summed E-state index contributed by atoms with van der Waals surface area (Å²) in [5.41, 5.74) is 0. The molecule has 2 amide bonds. The number of ether oxygens (including phenoxy) is 1. The highest BCUT2D eigenvalue weighted by Gasteiger charge is 2.22. The zero-order chi connectivity index (χ0) is 15.1. The molecule has 7 nitrogen and oxygen atoms in total. The Labute approximate surface area is 125 Å². The first kappa shape index (κ1) is 16.0. The molecule has 2 saturated heterocycles. The molecule has 0 spiro atoms. The topological polar surface area (TPSA) is 82.1 Å². The molecule has 21 heavy (non-hydrogen) atoms. The van der Waals surface area contributed by atoms with Crippen molar-refractivity contribution in [3.05, 3.63) is 0 Å². The van der Waals surface area contributed by atoms with Crippen molar-refractivity contribution in [2.45, 2.75) is 19.3 Å². The molecule has 120 valence electrons. The Hall–Kier alpha value is -1.34. The molecule has 0 aromatic rings. The first-order valence-corrected chi connectivity index (χ1v) is 7.70. The monoisotopic (exact) mass is 299 g/mol. The van der Waals surface area contributed by atoms with E-state index in [1.807, 2.05) is 0 Å². The lowest BCUT2D eigenvalue weighted by atomic mass is 10.0. The maximum absolute atomic E-state index is 12.1. The summed E-state index contributed by atoms with van der Waals surface area (Å²) in [5, 5.41) is 11.6. The van der Waals surface area contributed by atoms with E-state index in [0.717, 1.165) is 39.1 Å². The van der Waals surface area contributed by atoms with Gasteiger partial charge in [-0.05, 0) is 18.8 Å². The van der Waals surface area contributed by atoms with Crippen LogP contribution in [0.3, 0.4) is 0 Å². The number of carbonyl (C=O) groups excluding carboxylic acids is 1. The molecule has 2 fully saturated rings. The summed E-state index contributed by atoms with van der Waals surface area (Å²) in [5.74, 6) is -0.343. The van der Waals surface area contributed by atoms with Crippen molar-refractivity contribution in [1.82, 2.24) is 15.1 Å². The van der Waals surface area contributed by atoms with E-state index in [9.17, 15) is 9.59 Å². The number of rotatable bonds is 5. The van der Waals surface area contributed by atoms with Crippen LogP contribution in [-0.4, -0.2) is 79.4 Å². The lowest BCUT2D eigenvalue weighted by Gasteiger charge is -2.34. The van der Waals surface area contributed by atoms with Crippen LogP contribution in [0, 0.1) is 5.92 Å². The fourth-order valence-electron chi connectivity index (χ4n) is 2.74. The molecular formula is C14H25N3O4. The molecule has 2 N–H and O–H groups in total. The summed E-state index contributed by atoms with van der Waals surface area (Å²) in [6.07, 6.45) is 2.35. The Balaban J connectivity index is 1.62. The summed E-state index contributed by atoms with van der Waals surface area (Å²) < 4.78 is 5.40. The van der Waals surface area contributed by atoms with Crippen molar-refractivity contribution in [1.29, 1.82) is 0 Å². The highest BCUT2D eigenvalue weighted by Crippen LogP contribution is 2.12. The Morgan fingerprint density at radius 3 is 2.62 bits per heavy atom. The average molecular weight is 299 g/mol. The molecule has 2 aliphatic rings. The van der Waals surface area contributed by atoms with Gasteiger partial charge >= 0.3 is 12.0 Å². The second-order valence-electron chi connectivity index (χ2n) is 5.74.